The largest absolute Gasteiger partial charge is 0.492 e. The summed E-state index contributed by atoms with van der Waals surface area (Å²) in [5.41, 5.74) is 1.21. The molecule has 0 bridgehead atoms. The van der Waals surface area contributed by atoms with Crippen LogP contribution in [-0.2, 0) is 0 Å². The number of benzene rings is 2. The van der Waals surface area contributed by atoms with Gasteiger partial charge in [-0.15, -0.1) is 0 Å². The average molecular weight is 415 g/mol. The first-order valence-corrected chi connectivity index (χ1v) is 8.11. The molecule has 0 heterocycles. The summed E-state index contributed by atoms with van der Waals surface area (Å²) >= 11 is 7.23. The molecule has 6 heteroatoms. The van der Waals surface area contributed by atoms with Crippen LogP contribution in [0.3, 0.4) is 0 Å². The molecule has 110 valence electrons. The van der Waals surface area contributed by atoms with Crippen molar-refractivity contribution in [2.75, 3.05) is 6.61 Å². The van der Waals surface area contributed by atoms with Gasteiger partial charge in [0, 0.05) is 12.1 Å². The van der Waals surface area contributed by atoms with Crippen LogP contribution < -0.4 is 4.74 Å². The van der Waals surface area contributed by atoms with Gasteiger partial charge in [-0.2, -0.15) is 0 Å². The summed E-state index contributed by atoms with van der Waals surface area (Å²) in [7, 11) is 0. The molecule has 2 aromatic rings. The minimum absolute atomic E-state index is 0.0559. The summed E-state index contributed by atoms with van der Waals surface area (Å²) in [5, 5.41) is 10.6. The lowest BCUT2D eigenvalue weighted by molar-refractivity contribution is -0.384. The van der Waals surface area contributed by atoms with Gasteiger partial charge in [-0.25, -0.2) is 0 Å². The molecule has 0 aliphatic carbocycles. The molecule has 0 amide bonds. The molecule has 2 rings (SSSR count). The number of hydrogen-bond donors (Lipinski definition) is 0. The zero-order chi connectivity index (χ0) is 15.2. The van der Waals surface area contributed by atoms with Gasteiger partial charge in [-0.1, -0.05) is 62.2 Å². The van der Waals surface area contributed by atoms with Crippen molar-refractivity contribution in [3.8, 4) is 5.75 Å². The molecule has 0 aliphatic rings. The number of alkyl halides is 2. The Morgan fingerprint density at radius 1 is 1.05 bits per heavy atom. The highest BCUT2D eigenvalue weighted by Gasteiger charge is 2.18. The maximum absolute atomic E-state index is 10.6. The summed E-state index contributed by atoms with van der Waals surface area (Å²) in [6.45, 7) is 0.447. The first-order valence-electron chi connectivity index (χ1n) is 6.28. The van der Waals surface area contributed by atoms with Gasteiger partial charge in [0.1, 0.15) is 12.4 Å². The number of non-ortho nitro benzene ring substituents is 1. The SMILES string of the molecule is O=[N+]([O-])c1ccc(OCC(Br)C(Br)c2ccccc2)cc1. The molecule has 2 atom stereocenters. The topological polar surface area (TPSA) is 52.4 Å². The molecule has 2 unspecified atom stereocenters. The number of nitro benzene ring substituents is 1. The van der Waals surface area contributed by atoms with Gasteiger partial charge in [0.15, 0.2) is 0 Å². The first-order chi connectivity index (χ1) is 10.1. The van der Waals surface area contributed by atoms with Crippen LogP contribution in [0.25, 0.3) is 0 Å². The molecule has 21 heavy (non-hydrogen) atoms. The van der Waals surface area contributed by atoms with E-state index in [1.165, 1.54) is 12.1 Å². The molecule has 2 aromatic carbocycles. The van der Waals surface area contributed by atoms with E-state index < -0.39 is 4.92 Å². The number of hydrogen-bond acceptors (Lipinski definition) is 3. The fraction of sp³-hybridized carbons (Fsp3) is 0.200. The Morgan fingerprint density at radius 2 is 1.67 bits per heavy atom. The van der Waals surface area contributed by atoms with E-state index in [-0.39, 0.29) is 15.3 Å². The summed E-state index contributed by atoms with van der Waals surface area (Å²) in [6, 6.07) is 16.1. The van der Waals surface area contributed by atoms with Crippen LogP contribution in [0, 0.1) is 10.1 Å². The Balaban J connectivity index is 1.91. The zero-order valence-corrected chi connectivity index (χ0v) is 14.2. The van der Waals surface area contributed by atoms with E-state index >= 15 is 0 Å². The number of nitrogens with zero attached hydrogens (tertiary/aromatic N) is 1. The predicted octanol–water partition coefficient (Wildman–Crippen LogP) is 4.87. The number of rotatable bonds is 6. The van der Waals surface area contributed by atoms with Gasteiger partial charge in [0.2, 0.25) is 0 Å². The van der Waals surface area contributed by atoms with Crippen LogP contribution in [0.2, 0.25) is 0 Å². The summed E-state index contributed by atoms with van der Waals surface area (Å²) in [4.78, 5) is 10.3. The van der Waals surface area contributed by atoms with Gasteiger partial charge >= 0.3 is 0 Å². The van der Waals surface area contributed by atoms with E-state index in [2.05, 4.69) is 31.9 Å². The molecule has 0 spiro atoms. The van der Waals surface area contributed by atoms with Crippen LogP contribution in [-0.4, -0.2) is 16.4 Å². The second kappa shape index (κ2) is 7.56. The summed E-state index contributed by atoms with van der Waals surface area (Å²) < 4.78 is 5.65. The standard InChI is InChI=1S/C15H13Br2NO3/c16-14(15(17)11-4-2-1-3-5-11)10-21-13-8-6-12(7-9-13)18(19)20/h1-9,14-15H,10H2. The molecule has 0 aromatic heterocycles. The molecule has 0 radical (unpaired) electrons. The fourth-order valence-electron chi connectivity index (χ4n) is 1.77. The van der Waals surface area contributed by atoms with Crippen LogP contribution in [0.15, 0.2) is 54.6 Å². The van der Waals surface area contributed by atoms with Crippen molar-refractivity contribution in [2.45, 2.75) is 9.65 Å². The molecule has 0 saturated carbocycles. The predicted molar refractivity (Wildman–Crippen MR) is 89.4 cm³/mol. The van der Waals surface area contributed by atoms with Crippen LogP contribution in [0.1, 0.15) is 10.4 Å². The van der Waals surface area contributed by atoms with Crippen LogP contribution in [0.4, 0.5) is 5.69 Å². The Bertz CT molecular complexity index is 590. The monoisotopic (exact) mass is 413 g/mol. The lowest BCUT2D eigenvalue weighted by atomic mass is 10.1. The number of ether oxygens (including phenoxy) is 1. The fourth-order valence-corrected chi connectivity index (χ4v) is 2.67. The summed E-state index contributed by atoms with van der Waals surface area (Å²) in [6.07, 6.45) is 0. The van der Waals surface area contributed by atoms with Crippen molar-refractivity contribution < 1.29 is 9.66 Å². The van der Waals surface area contributed by atoms with E-state index in [0.29, 0.717) is 12.4 Å². The second-order valence-electron chi connectivity index (χ2n) is 4.39. The molecular formula is C15H13Br2NO3. The van der Waals surface area contributed by atoms with Crippen molar-refractivity contribution in [2.24, 2.45) is 0 Å². The lowest BCUT2D eigenvalue weighted by Gasteiger charge is -2.17. The van der Waals surface area contributed by atoms with E-state index in [0.717, 1.165) is 5.56 Å². The highest BCUT2D eigenvalue weighted by Crippen LogP contribution is 2.31. The molecular weight excluding hydrogens is 402 g/mol. The lowest BCUT2D eigenvalue weighted by Crippen LogP contribution is -2.16. The quantitative estimate of drug-likeness (QED) is 0.384. The Hall–Kier alpha value is -1.40. The second-order valence-corrected chi connectivity index (χ2v) is 6.55. The maximum atomic E-state index is 10.6. The van der Waals surface area contributed by atoms with Crippen LogP contribution in [0.5, 0.6) is 5.75 Å². The Morgan fingerprint density at radius 3 is 2.24 bits per heavy atom. The van der Waals surface area contributed by atoms with E-state index in [1.807, 2.05) is 30.3 Å². The molecule has 0 aliphatic heterocycles. The third-order valence-corrected chi connectivity index (χ3v) is 5.56. The van der Waals surface area contributed by atoms with E-state index in [4.69, 9.17) is 4.74 Å². The number of nitro groups is 1. The van der Waals surface area contributed by atoms with Gasteiger partial charge in [-0.05, 0) is 17.7 Å². The third kappa shape index (κ3) is 4.54. The van der Waals surface area contributed by atoms with Crippen molar-refractivity contribution >= 4 is 37.5 Å². The van der Waals surface area contributed by atoms with Crippen molar-refractivity contribution in [3.63, 3.8) is 0 Å². The zero-order valence-electron chi connectivity index (χ0n) is 11.0. The van der Waals surface area contributed by atoms with Crippen molar-refractivity contribution in [1.29, 1.82) is 0 Å². The number of halogens is 2. The van der Waals surface area contributed by atoms with Crippen molar-refractivity contribution in [1.82, 2.24) is 0 Å². The van der Waals surface area contributed by atoms with Crippen LogP contribution >= 0.6 is 31.9 Å². The highest BCUT2D eigenvalue weighted by molar-refractivity contribution is 9.12. The third-order valence-electron chi connectivity index (χ3n) is 2.89. The maximum Gasteiger partial charge on any atom is 0.269 e. The Labute approximate surface area is 139 Å². The van der Waals surface area contributed by atoms with Crippen molar-refractivity contribution in [3.05, 3.63) is 70.3 Å². The highest BCUT2D eigenvalue weighted by atomic mass is 79.9. The van der Waals surface area contributed by atoms with Gasteiger partial charge < -0.3 is 4.74 Å². The minimum Gasteiger partial charge on any atom is -0.492 e. The molecule has 4 nitrogen and oxygen atoms in total. The van der Waals surface area contributed by atoms with E-state index in [9.17, 15) is 10.1 Å². The normalized spacial score (nSPS) is 13.4. The van der Waals surface area contributed by atoms with Gasteiger partial charge in [0.05, 0.1) is 14.6 Å². The van der Waals surface area contributed by atoms with E-state index in [1.54, 1.807) is 12.1 Å². The average Bonchev–Trinajstić information content (AvgIpc) is 2.53. The van der Waals surface area contributed by atoms with Gasteiger partial charge in [0.25, 0.3) is 5.69 Å². The summed E-state index contributed by atoms with van der Waals surface area (Å²) in [5.74, 6) is 0.609. The molecule has 0 saturated heterocycles. The smallest absolute Gasteiger partial charge is 0.269 e. The minimum atomic E-state index is -0.430. The Kier molecular flexibility index (Phi) is 5.76. The molecule has 0 fully saturated rings. The molecule has 0 N–H and O–H groups in total. The first kappa shape index (κ1) is 16.0. The van der Waals surface area contributed by atoms with Gasteiger partial charge in [-0.3, -0.25) is 10.1 Å².